The number of halogens is 1. The summed E-state index contributed by atoms with van der Waals surface area (Å²) in [6, 6.07) is 7.35. The van der Waals surface area contributed by atoms with Crippen molar-refractivity contribution in [1.29, 1.82) is 0 Å². The Balaban J connectivity index is 1.69. The van der Waals surface area contributed by atoms with Gasteiger partial charge in [-0.3, -0.25) is 9.69 Å². The lowest BCUT2D eigenvalue weighted by molar-refractivity contribution is -0.126. The van der Waals surface area contributed by atoms with Gasteiger partial charge in [-0.2, -0.15) is 0 Å². The molecule has 0 bridgehead atoms. The molecule has 2 aliphatic rings. The zero-order valence-corrected chi connectivity index (χ0v) is 18.3. The van der Waals surface area contributed by atoms with Gasteiger partial charge in [-0.1, -0.05) is 23.7 Å². The fourth-order valence-electron chi connectivity index (χ4n) is 4.10. The fraction of sp³-hybridized carbons (Fsp3) is 0.636. The minimum absolute atomic E-state index is 0.124. The number of benzene rings is 1. The minimum atomic E-state index is -0.584. The second-order valence-electron chi connectivity index (χ2n) is 8.95. The third-order valence-corrected chi connectivity index (χ3v) is 5.91. The number of carbonyl (C=O) groups is 2. The Kier molecular flexibility index (Phi) is 6.74. The number of ether oxygens (including phenoxy) is 2. The summed E-state index contributed by atoms with van der Waals surface area (Å²) in [4.78, 5) is 27.0. The summed E-state index contributed by atoms with van der Waals surface area (Å²) >= 11 is 6.22. The molecule has 0 unspecified atom stereocenters. The fourth-order valence-corrected chi connectivity index (χ4v) is 4.29. The molecule has 2 amide bonds. The standard InChI is InChI=1S/C22H31ClN2O4/c1-21(2,3)29-20(27)25-11-5-8-18(25)19(26)24-15-22(9-12-28-13-10-22)16-6-4-7-17(23)14-16/h4,6-7,14,18H,5,8-13,15H2,1-3H3,(H,24,26)/t18-/m0/s1. The molecular weight excluding hydrogens is 392 g/mol. The summed E-state index contributed by atoms with van der Waals surface area (Å²) in [7, 11) is 0. The maximum Gasteiger partial charge on any atom is 0.410 e. The average Bonchev–Trinajstić information content (AvgIpc) is 3.16. The van der Waals surface area contributed by atoms with Crippen molar-refractivity contribution in [3.8, 4) is 0 Å². The van der Waals surface area contributed by atoms with Crippen molar-refractivity contribution in [3.05, 3.63) is 34.9 Å². The van der Waals surface area contributed by atoms with E-state index < -0.39 is 17.7 Å². The number of nitrogens with one attached hydrogen (secondary N) is 1. The summed E-state index contributed by atoms with van der Waals surface area (Å²) in [5.41, 5.74) is 0.317. The first-order valence-corrected chi connectivity index (χ1v) is 10.7. The highest BCUT2D eigenvalue weighted by atomic mass is 35.5. The molecule has 2 fully saturated rings. The molecule has 0 saturated carbocycles. The SMILES string of the molecule is CC(C)(C)OC(=O)N1CCC[C@H]1C(=O)NCC1(c2cccc(Cl)c2)CCOCC1. The first-order valence-electron chi connectivity index (χ1n) is 10.3. The van der Waals surface area contributed by atoms with E-state index in [1.54, 1.807) is 4.90 Å². The molecule has 3 rings (SSSR count). The van der Waals surface area contributed by atoms with Crippen molar-refractivity contribution in [1.82, 2.24) is 10.2 Å². The van der Waals surface area contributed by atoms with Crippen LogP contribution in [0.4, 0.5) is 4.79 Å². The predicted octanol–water partition coefficient (Wildman–Crippen LogP) is 3.90. The largest absolute Gasteiger partial charge is 0.444 e. The van der Waals surface area contributed by atoms with Crippen LogP contribution in [0.25, 0.3) is 0 Å². The van der Waals surface area contributed by atoms with E-state index in [1.807, 2.05) is 39.0 Å². The number of rotatable bonds is 4. The normalized spacial score (nSPS) is 21.7. The molecule has 1 aromatic carbocycles. The number of carbonyl (C=O) groups excluding carboxylic acids is 2. The number of amides is 2. The zero-order valence-electron chi connectivity index (χ0n) is 17.5. The molecule has 0 radical (unpaired) electrons. The van der Waals surface area contributed by atoms with E-state index in [0.29, 0.717) is 37.7 Å². The van der Waals surface area contributed by atoms with Crippen LogP contribution in [0.1, 0.15) is 52.0 Å². The molecule has 2 aliphatic heterocycles. The summed E-state index contributed by atoms with van der Waals surface area (Å²) in [5, 5.41) is 3.80. The zero-order chi connectivity index (χ0) is 21.1. The van der Waals surface area contributed by atoms with Gasteiger partial charge in [0.2, 0.25) is 5.91 Å². The van der Waals surface area contributed by atoms with E-state index in [0.717, 1.165) is 24.8 Å². The molecule has 0 aromatic heterocycles. The van der Waals surface area contributed by atoms with E-state index in [9.17, 15) is 9.59 Å². The lowest BCUT2D eigenvalue weighted by Crippen LogP contribution is -2.51. The van der Waals surface area contributed by atoms with Crippen LogP contribution < -0.4 is 5.32 Å². The van der Waals surface area contributed by atoms with Crippen LogP contribution in [0.3, 0.4) is 0 Å². The number of nitrogens with zero attached hydrogens (tertiary/aromatic N) is 1. The highest BCUT2D eigenvalue weighted by Gasteiger charge is 2.39. The molecule has 6 nitrogen and oxygen atoms in total. The third-order valence-electron chi connectivity index (χ3n) is 5.67. The summed E-state index contributed by atoms with van der Waals surface area (Å²) in [6.07, 6.45) is 2.65. The number of hydrogen-bond acceptors (Lipinski definition) is 4. The molecular formula is C22H31ClN2O4. The molecule has 29 heavy (non-hydrogen) atoms. The Morgan fingerprint density at radius 1 is 1.31 bits per heavy atom. The van der Waals surface area contributed by atoms with Crippen molar-refractivity contribution in [2.75, 3.05) is 26.3 Å². The Bertz CT molecular complexity index is 741. The molecule has 1 N–H and O–H groups in total. The van der Waals surface area contributed by atoms with Crippen LogP contribution in [0.5, 0.6) is 0 Å². The van der Waals surface area contributed by atoms with Crippen LogP contribution in [0.15, 0.2) is 24.3 Å². The average molecular weight is 423 g/mol. The van der Waals surface area contributed by atoms with Gasteiger partial charge in [-0.25, -0.2) is 4.79 Å². The number of hydrogen-bond donors (Lipinski definition) is 1. The van der Waals surface area contributed by atoms with Crippen LogP contribution >= 0.6 is 11.6 Å². The van der Waals surface area contributed by atoms with Crippen molar-refractivity contribution in [2.24, 2.45) is 0 Å². The summed E-state index contributed by atoms with van der Waals surface area (Å²) in [5.74, 6) is -0.124. The van der Waals surface area contributed by atoms with Crippen LogP contribution in [0, 0.1) is 0 Å². The summed E-state index contributed by atoms with van der Waals surface area (Å²) < 4.78 is 11.0. The van der Waals surface area contributed by atoms with Crippen LogP contribution in [-0.2, 0) is 19.7 Å². The van der Waals surface area contributed by atoms with Crippen molar-refractivity contribution in [2.45, 2.75) is 63.5 Å². The Hall–Kier alpha value is -1.79. The topological polar surface area (TPSA) is 67.9 Å². The van der Waals surface area contributed by atoms with Gasteiger partial charge in [-0.05, 0) is 64.2 Å². The van der Waals surface area contributed by atoms with Crippen molar-refractivity contribution < 1.29 is 19.1 Å². The van der Waals surface area contributed by atoms with Gasteiger partial charge >= 0.3 is 6.09 Å². The Morgan fingerprint density at radius 2 is 2.03 bits per heavy atom. The molecule has 2 saturated heterocycles. The van der Waals surface area contributed by atoms with E-state index in [4.69, 9.17) is 21.1 Å². The first-order chi connectivity index (χ1) is 13.7. The van der Waals surface area contributed by atoms with Gasteiger partial charge in [0.1, 0.15) is 11.6 Å². The van der Waals surface area contributed by atoms with Crippen LogP contribution in [-0.4, -0.2) is 54.8 Å². The highest BCUT2D eigenvalue weighted by molar-refractivity contribution is 6.30. The smallest absolute Gasteiger partial charge is 0.410 e. The first kappa shape index (κ1) is 21.9. The summed E-state index contributed by atoms with van der Waals surface area (Å²) in [6.45, 7) is 7.82. The maximum absolute atomic E-state index is 13.0. The Labute approximate surface area is 177 Å². The molecule has 1 aromatic rings. The maximum atomic E-state index is 13.0. The molecule has 0 aliphatic carbocycles. The van der Waals surface area contributed by atoms with Gasteiger partial charge in [0.25, 0.3) is 0 Å². The monoisotopic (exact) mass is 422 g/mol. The second-order valence-corrected chi connectivity index (χ2v) is 9.39. The highest BCUT2D eigenvalue weighted by Crippen LogP contribution is 2.35. The molecule has 1 atom stereocenters. The van der Waals surface area contributed by atoms with Gasteiger partial charge in [0, 0.05) is 36.7 Å². The van der Waals surface area contributed by atoms with Gasteiger partial charge in [0.05, 0.1) is 0 Å². The molecule has 0 spiro atoms. The second kappa shape index (κ2) is 8.92. The van der Waals surface area contributed by atoms with Crippen LogP contribution in [0.2, 0.25) is 5.02 Å². The third kappa shape index (κ3) is 5.43. The molecule has 2 heterocycles. The molecule has 160 valence electrons. The van der Waals surface area contributed by atoms with E-state index in [2.05, 4.69) is 11.4 Å². The van der Waals surface area contributed by atoms with Crippen molar-refractivity contribution >= 4 is 23.6 Å². The Morgan fingerprint density at radius 3 is 2.69 bits per heavy atom. The van der Waals surface area contributed by atoms with E-state index in [-0.39, 0.29) is 11.3 Å². The lowest BCUT2D eigenvalue weighted by atomic mass is 9.74. The van der Waals surface area contributed by atoms with Gasteiger partial charge in [0.15, 0.2) is 0 Å². The quantitative estimate of drug-likeness (QED) is 0.798. The van der Waals surface area contributed by atoms with Gasteiger partial charge in [-0.15, -0.1) is 0 Å². The predicted molar refractivity (Wildman–Crippen MR) is 112 cm³/mol. The van der Waals surface area contributed by atoms with E-state index >= 15 is 0 Å². The van der Waals surface area contributed by atoms with Gasteiger partial charge < -0.3 is 14.8 Å². The molecule has 7 heteroatoms. The van der Waals surface area contributed by atoms with E-state index in [1.165, 1.54) is 0 Å². The minimum Gasteiger partial charge on any atom is -0.444 e. The number of likely N-dealkylation sites (tertiary alicyclic amines) is 1. The van der Waals surface area contributed by atoms with Crippen molar-refractivity contribution in [3.63, 3.8) is 0 Å². The lowest BCUT2D eigenvalue weighted by Gasteiger charge is -2.38.